The van der Waals surface area contributed by atoms with Crippen molar-refractivity contribution < 1.29 is 35.4 Å². The first-order valence-electron chi connectivity index (χ1n) is 11.5. The topological polar surface area (TPSA) is 57.5 Å². The van der Waals surface area contributed by atoms with Gasteiger partial charge >= 0.3 is 5.97 Å². The quantitative estimate of drug-likeness (QED) is 0.457. The van der Waals surface area contributed by atoms with Gasteiger partial charge in [-0.2, -0.15) is 11.8 Å². The van der Waals surface area contributed by atoms with E-state index in [1.54, 1.807) is 0 Å². The predicted molar refractivity (Wildman–Crippen MR) is 107 cm³/mol. The molecular weight excluding hydrogens is 522 g/mol. The molecule has 1 radical (unpaired) electrons. The molecule has 0 aliphatic heterocycles. The van der Waals surface area contributed by atoms with Gasteiger partial charge in [0.2, 0.25) is 0 Å². The van der Waals surface area contributed by atoms with E-state index >= 15 is 0 Å². The maximum atomic E-state index is 11.0. The fourth-order valence-electron chi connectivity index (χ4n) is 8.41. The summed E-state index contributed by atoms with van der Waals surface area (Å²) in [6, 6.07) is 0. The van der Waals surface area contributed by atoms with Crippen LogP contribution < -0.4 is 0 Å². The molecule has 4 unspecified atom stereocenters. The van der Waals surface area contributed by atoms with Gasteiger partial charge in [-0.3, -0.25) is 4.79 Å². The third-order valence-corrected chi connectivity index (χ3v) is 9.93. The largest absolute Gasteiger partial charge is 0.481 e. The summed E-state index contributed by atoms with van der Waals surface area (Å²) >= 11 is 0. The molecule has 4 aliphatic carbocycles. The standard InChI is InChI=1S/C24H39O3.Re/c1-15(4-9-22(26)27)19-7-8-20-18-6-5-16-14-17(25)10-12-23(16,2)21(18)11-13-24(19,20)3;/h13,15-21,25H,4-12,14H2,1-3H3,(H,26,27);/q-1;/t15-,16?,17-,18?,19-,20?,21?,23+,24-;/m1./s1. The Hall–Kier alpha value is 0.0923. The Bertz CT molecular complexity index is 580. The molecule has 0 bridgehead atoms. The van der Waals surface area contributed by atoms with Crippen LogP contribution in [-0.4, -0.2) is 22.3 Å². The van der Waals surface area contributed by atoms with E-state index < -0.39 is 5.97 Å². The monoisotopic (exact) mass is 562 g/mol. The molecule has 0 aromatic carbocycles. The second kappa shape index (κ2) is 8.32. The number of fused-ring (bicyclic) bond motifs is 5. The van der Waals surface area contributed by atoms with Gasteiger partial charge in [0.05, 0.1) is 6.10 Å². The SMILES string of the molecule is C[C@H](CCC(=O)O)[C@H]1CCC2C3CCC4C[C@H](O)CC[C@]4(C)C3C[CH-][C@@]21C.[Re]. The maximum Gasteiger partial charge on any atom is 0.303 e. The van der Waals surface area contributed by atoms with E-state index in [-0.39, 0.29) is 26.5 Å². The van der Waals surface area contributed by atoms with E-state index in [4.69, 9.17) is 5.11 Å². The van der Waals surface area contributed by atoms with Gasteiger partial charge in [-0.05, 0) is 61.7 Å². The first-order chi connectivity index (χ1) is 12.8. The van der Waals surface area contributed by atoms with Gasteiger partial charge in [0.15, 0.2) is 0 Å². The molecule has 3 nitrogen and oxygen atoms in total. The van der Waals surface area contributed by atoms with E-state index in [0.717, 1.165) is 37.0 Å². The van der Waals surface area contributed by atoms with E-state index in [9.17, 15) is 9.90 Å². The molecule has 0 aromatic heterocycles. The number of aliphatic hydroxyl groups is 1. The summed E-state index contributed by atoms with van der Waals surface area (Å²) in [4.78, 5) is 11.0. The molecule has 161 valence electrons. The molecule has 0 aromatic rings. The van der Waals surface area contributed by atoms with Gasteiger partial charge in [-0.25, -0.2) is 0 Å². The molecule has 4 heteroatoms. The Morgan fingerprint density at radius 2 is 1.89 bits per heavy atom. The van der Waals surface area contributed by atoms with Crippen molar-refractivity contribution in [3.63, 3.8) is 0 Å². The third kappa shape index (κ3) is 3.65. The van der Waals surface area contributed by atoms with Crippen molar-refractivity contribution in [3.8, 4) is 0 Å². The van der Waals surface area contributed by atoms with Gasteiger partial charge in [-0.1, -0.05) is 51.4 Å². The van der Waals surface area contributed by atoms with Gasteiger partial charge in [-0.15, -0.1) is 0 Å². The molecule has 0 saturated heterocycles. The number of carbonyl (C=O) groups is 1. The van der Waals surface area contributed by atoms with Gasteiger partial charge < -0.3 is 16.6 Å². The van der Waals surface area contributed by atoms with Crippen LogP contribution in [0.1, 0.15) is 85.0 Å². The molecule has 28 heavy (non-hydrogen) atoms. The Kier molecular flexibility index (Phi) is 6.76. The van der Waals surface area contributed by atoms with Crippen LogP contribution in [-0.2, 0) is 25.2 Å². The molecule has 0 spiro atoms. The van der Waals surface area contributed by atoms with Crippen LogP contribution in [0.2, 0.25) is 0 Å². The summed E-state index contributed by atoms with van der Waals surface area (Å²) in [6.07, 6.45) is 13.5. The number of aliphatic carboxylic acids is 1. The van der Waals surface area contributed by atoms with Crippen LogP contribution in [0.15, 0.2) is 0 Å². The maximum absolute atomic E-state index is 11.0. The Labute approximate surface area is 185 Å². The van der Waals surface area contributed by atoms with Crippen molar-refractivity contribution >= 4 is 5.97 Å². The zero-order valence-corrected chi connectivity index (χ0v) is 20.6. The van der Waals surface area contributed by atoms with Crippen LogP contribution >= 0.6 is 0 Å². The second-order valence-electron chi connectivity index (χ2n) is 11.0. The van der Waals surface area contributed by atoms with Gasteiger partial charge in [0.1, 0.15) is 0 Å². The van der Waals surface area contributed by atoms with Crippen LogP contribution in [0.4, 0.5) is 0 Å². The fraction of sp³-hybridized carbons (Fsp3) is 0.917. The van der Waals surface area contributed by atoms with E-state index in [0.29, 0.717) is 35.0 Å². The zero-order chi connectivity index (χ0) is 19.4. The number of rotatable bonds is 4. The van der Waals surface area contributed by atoms with Gasteiger partial charge in [0, 0.05) is 26.8 Å². The average Bonchev–Trinajstić information content (AvgIpc) is 2.97. The summed E-state index contributed by atoms with van der Waals surface area (Å²) in [5.41, 5.74) is 0.726. The van der Waals surface area contributed by atoms with Crippen LogP contribution in [0.25, 0.3) is 0 Å². The Morgan fingerprint density at radius 3 is 2.61 bits per heavy atom. The fourth-order valence-corrected chi connectivity index (χ4v) is 8.41. The first-order valence-corrected chi connectivity index (χ1v) is 11.5. The van der Waals surface area contributed by atoms with E-state index in [2.05, 4.69) is 27.2 Å². The Balaban J connectivity index is 0.00000225. The molecule has 0 heterocycles. The summed E-state index contributed by atoms with van der Waals surface area (Å²) in [5.74, 6) is 3.65. The minimum absolute atomic E-state index is 0. The second-order valence-corrected chi connectivity index (χ2v) is 11.0. The van der Waals surface area contributed by atoms with Crippen molar-refractivity contribution in [2.45, 2.75) is 91.1 Å². The van der Waals surface area contributed by atoms with Crippen LogP contribution in [0.3, 0.4) is 0 Å². The molecule has 4 fully saturated rings. The first kappa shape index (κ1) is 22.8. The smallest absolute Gasteiger partial charge is 0.303 e. The van der Waals surface area contributed by atoms with Crippen LogP contribution in [0, 0.1) is 52.8 Å². The van der Waals surface area contributed by atoms with Crippen molar-refractivity contribution in [3.05, 3.63) is 6.42 Å². The molecule has 2 N–H and O–H groups in total. The summed E-state index contributed by atoms with van der Waals surface area (Å²) < 4.78 is 0. The predicted octanol–water partition coefficient (Wildman–Crippen LogP) is 5.32. The van der Waals surface area contributed by atoms with Crippen molar-refractivity contribution in [2.75, 3.05) is 0 Å². The van der Waals surface area contributed by atoms with E-state index in [1.807, 2.05) is 0 Å². The zero-order valence-electron chi connectivity index (χ0n) is 17.9. The molecule has 4 saturated carbocycles. The van der Waals surface area contributed by atoms with Crippen molar-refractivity contribution in [1.82, 2.24) is 0 Å². The molecule has 4 rings (SSSR count). The summed E-state index contributed by atoms with van der Waals surface area (Å²) in [6.45, 7) is 7.34. The number of hydrogen-bond donors (Lipinski definition) is 2. The number of carboxylic acids is 1. The van der Waals surface area contributed by atoms with Crippen molar-refractivity contribution in [2.24, 2.45) is 46.3 Å². The minimum Gasteiger partial charge on any atom is -0.481 e. The molecule has 9 atom stereocenters. The van der Waals surface area contributed by atoms with Crippen LogP contribution in [0.5, 0.6) is 0 Å². The van der Waals surface area contributed by atoms with Crippen molar-refractivity contribution in [1.29, 1.82) is 0 Å². The summed E-state index contributed by atoms with van der Waals surface area (Å²) in [7, 11) is 0. The molecule has 0 amide bonds. The Morgan fingerprint density at radius 1 is 1.14 bits per heavy atom. The normalized spacial score (nSPS) is 48.6. The molecular formula is C24H39O3Re-. The third-order valence-electron chi connectivity index (χ3n) is 9.93. The van der Waals surface area contributed by atoms with E-state index in [1.165, 1.54) is 38.5 Å². The number of carboxylic acid groups (broad SMARTS) is 1. The average molecular weight is 562 g/mol. The minimum atomic E-state index is -0.653. The number of aliphatic hydroxyl groups excluding tert-OH is 1. The van der Waals surface area contributed by atoms with Gasteiger partial charge in [0.25, 0.3) is 0 Å². The molecule has 4 aliphatic rings. The number of hydrogen-bond acceptors (Lipinski definition) is 2. The summed E-state index contributed by atoms with van der Waals surface area (Å²) in [5, 5.41) is 19.3.